The lowest BCUT2D eigenvalue weighted by molar-refractivity contribution is -0.114. The summed E-state index contributed by atoms with van der Waals surface area (Å²) in [6.07, 6.45) is 1.53. The van der Waals surface area contributed by atoms with Crippen molar-refractivity contribution in [2.45, 2.75) is 0 Å². The number of rotatable bonds is 2. The number of nitrogens with two attached hydrogens (primary N) is 1. The molecular formula is C11H10ClN3O2. The molecule has 1 amide bonds. The van der Waals surface area contributed by atoms with Crippen molar-refractivity contribution in [3.8, 4) is 0 Å². The number of pyridine rings is 1. The minimum Gasteiger partial charge on any atom is -0.329 e. The first-order valence-electron chi connectivity index (χ1n) is 4.92. The largest absolute Gasteiger partial charge is 0.329 e. The van der Waals surface area contributed by atoms with Gasteiger partial charge in [0.05, 0.1) is 17.3 Å². The topological polar surface area (TPSA) is 88.0 Å². The molecule has 0 spiro atoms. The maximum atomic E-state index is 11.5. The van der Waals surface area contributed by atoms with Crippen molar-refractivity contribution in [3.05, 3.63) is 39.8 Å². The number of hydrogen-bond acceptors (Lipinski definition) is 3. The van der Waals surface area contributed by atoms with E-state index in [1.807, 2.05) is 0 Å². The van der Waals surface area contributed by atoms with Crippen molar-refractivity contribution < 1.29 is 4.79 Å². The third kappa shape index (κ3) is 2.30. The highest BCUT2D eigenvalue weighted by atomic mass is 35.5. The Kier molecular flexibility index (Phi) is 3.12. The Balaban J connectivity index is 2.56. The molecule has 2 rings (SSSR count). The number of aromatic nitrogens is 1. The minimum absolute atomic E-state index is 0.121. The molecule has 0 aliphatic rings. The lowest BCUT2D eigenvalue weighted by atomic mass is 10.1. The fourth-order valence-electron chi connectivity index (χ4n) is 1.51. The zero-order valence-corrected chi connectivity index (χ0v) is 9.54. The average Bonchev–Trinajstić information content (AvgIpc) is 2.31. The van der Waals surface area contributed by atoms with Crippen molar-refractivity contribution in [2.75, 3.05) is 11.9 Å². The second kappa shape index (κ2) is 4.57. The van der Waals surface area contributed by atoms with E-state index in [2.05, 4.69) is 10.3 Å². The second-order valence-corrected chi connectivity index (χ2v) is 3.89. The first-order chi connectivity index (χ1) is 8.11. The van der Waals surface area contributed by atoms with E-state index in [1.54, 1.807) is 12.1 Å². The Labute approximate surface area is 102 Å². The van der Waals surface area contributed by atoms with Gasteiger partial charge in [0.25, 0.3) is 5.56 Å². The van der Waals surface area contributed by atoms with Gasteiger partial charge in [-0.25, -0.2) is 0 Å². The molecule has 0 saturated heterocycles. The molecule has 0 aliphatic carbocycles. The number of anilines is 1. The fourth-order valence-corrected chi connectivity index (χ4v) is 1.72. The zero-order valence-electron chi connectivity index (χ0n) is 8.79. The van der Waals surface area contributed by atoms with E-state index in [0.717, 1.165) is 0 Å². The molecule has 6 heteroatoms. The van der Waals surface area contributed by atoms with E-state index in [9.17, 15) is 9.59 Å². The van der Waals surface area contributed by atoms with Gasteiger partial charge in [0.15, 0.2) is 0 Å². The number of carbonyl (C=O) groups excluding carboxylic acids is 1. The first-order valence-corrected chi connectivity index (χ1v) is 5.30. The molecule has 88 valence electrons. The van der Waals surface area contributed by atoms with E-state index in [4.69, 9.17) is 17.3 Å². The summed E-state index contributed by atoms with van der Waals surface area (Å²) in [4.78, 5) is 25.2. The predicted octanol–water partition coefficient (Wildman–Crippen LogP) is 1.08. The molecule has 1 heterocycles. The number of nitrogens with one attached hydrogen (secondary N) is 2. The number of benzene rings is 1. The average molecular weight is 252 g/mol. The summed E-state index contributed by atoms with van der Waals surface area (Å²) in [7, 11) is 0. The van der Waals surface area contributed by atoms with Gasteiger partial charge in [-0.1, -0.05) is 11.6 Å². The van der Waals surface area contributed by atoms with Gasteiger partial charge < -0.3 is 16.0 Å². The lowest BCUT2D eigenvalue weighted by Crippen LogP contribution is -2.22. The van der Waals surface area contributed by atoms with Gasteiger partial charge in [0.2, 0.25) is 5.91 Å². The SMILES string of the molecule is NCC(=O)Nc1cc2cc[nH]c(=O)c2cc1Cl. The number of amides is 1. The van der Waals surface area contributed by atoms with Crippen molar-refractivity contribution >= 4 is 34.0 Å². The van der Waals surface area contributed by atoms with Gasteiger partial charge in [-0.3, -0.25) is 9.59 Å². The van der Waals surface area contributed by atoms with Crippen LogP contribution in [0.4, 0.5) is 5.69 Å². The summed E-state index contributed by atoms with van der Waals surface area (Å²) in [5, 5.41) is 4.04. The van der Waals surface area contributed by atoms with E-state index in [-0.39, 0.29) is 18.0 Å². The molecule has 1 aromatic carbocycles. The Morgan fingerprint density at radius 1 is 1.47 bits per heavy atom. The molecule has 4 N–H and O–H groups in total. The Morgan fingerprint density at radius 2 is 2.24 bits per heavy atom. The lowest BCUT2D eigenvalue weighted by Gasteiger charge is -2.07. The van der Waals surface area contributed by atoms with Crippen molar-refractivity contribution in [2.24, 2.45) is 5.73 Å². The fraction of sp³-hybridized carbons (Fsp3) is 0.0909. The quantitative estimate of drug-likeness (QED) is 0.746. The number of carbonyl (C=O) groups is 1. The summed E-state index contributed by atoms with van der Waals surface area (Å²) in [6.45, 7) is -0.121. The molecule has 5 nitrogen and oxygen atoms in total. The standard InChI is InChI=1S/C11H10ClN3O2/c12-8-4-7-6(1-2-14-11(7)17)3-9(8)15-10(16)5-13/h1-4H,5,13H2,(H,14,17)(H,15,16). The van der Waals surface area contributed by atoms with Gasteiger partial charge >= 0.3 is 0 Å². The van der Waals surface area contributed by atoms with Gasteiger partial charge in [0.1, 0.15) is 0 Å². The predicted molar refractivity (Wildman–Crippen MR) is 67.3 cm³/mol. The number of hydrogen-bond donors (Lipinski definition) is 3. The third-order valence-electron chi connectivity index (χ3n) is 2.32. The highest BCUT2D eigenvalue weighted by Crippen LogP contribution is 2.26. The normalized spacial score (nSPS) is 10.5. The third-order valence-corrected chi connectivity index (χ3v) is 2.63. The molecule has 0 saturated carbocycles. The van der Waals surface area contributed by atoms with E-state index in [0.29, 0.717) is 21.5 Å². The summed E-state index contributed by atoms with van der Waals surface area (Å²) >= 11 is 5.97. The molecule has 17 heavy (non-hydrogen) atoms. The van der Waals surface area contributed by atoms with Crippen LogP contribution in [-0.4, -0.2) is 17.4 Å². The van der Waals surface area contributed by atoms with Crippen LogP contribution in [-0.2, 0) is 4.79 Å². The van der Waals surface area contributed by atoms with Crippen LogP contribution < -0.4 is 16.6 Å². The molecule has 0 radical (unpaired) electrons. The number of aromatic amines is 1. The van der Waals surface area contributed by atoms with Crippen LogP contribution in [0.2, 0.25) is 5.02 Å². The Bertz CT molecular complexity index is 636. The van der Waals surface area contributed by atoms with Crippen molar-refractivity contribution in [1.29, 1.82) is 0 Å². The molecule has 0 atom stereocenters. The Morgan fingerprint density at radius 3 is 2.94 bits per heavy atom. The molecule has 0 unspecified atom stereocenters. The molecular weight excluding hydrogens is 242 g/mol. The second-order valence-electron chi connectivity index (χ2n) is 3.48. The highest BCUT2D eigenvalue weighted by molar-refractivity contribution is 6.34. The maximum Gasteiger partial charge on any atom is 0.255 e. The smallest absolute Gasteiger partial charge is 0.255 e. The van der Waals surface area contributed by atoms with Crippen LogP contribution >= 0.6 is 11.6 Å². The molecule has 0 fully saturated rings. The van der Waals surface area contributed by atoms with Crippen LogP contribution in [0.3, 0.4) is 0 Å². The van der Waals surface area contributed by atoms with Crippen LogP contribution in [0.15, 0.2) is 29.2 Å². The van der Waals surface area contributed by atoms with Crippen LogP contribution in [0.25, 0.3) is 10.8 Å². The zero-order chi connectivity index (χ0) is 12.4. The maximum absolute atomic E-state index is 11.5. The molecule has 0 bridgehead atoms. The monoisotopic (exact) mass is 251 g/mol. The summed E-state index contributed by atoms with van der Waals surface area (Å²) in [5.74, 6) is -0.337. The van der Waals surface area contributed by atoms with E-state index >= 15 is 0 Å². The molecule has 2 aromatic rings. The van der Waals surface area contributed by atoms with Crippen molar-refractivity contribution in [3.63, 3.8) is 0 Å². The van der Waals surface area contributed by atoms with Crippen LogP contribution in [0.5, 0.6) is 0 Å². The summed E-state index contributed by atoms with van der Waals surface area (Å²) in [6, 6.07) is 4.88. The Hall–Kier alpha value is -1.85. The molecule has 1 aromatic heterocycles. The van der Waals surface area contributed by atoms with Gasteiger partial charge in [-0.15, -0.1) is 0 Å². The molecule has 0 aliphatic heterocycles. The van der Waals surface area contributed by atoms with E-state index < -0.39 is 0 Å². The number of fused-ring (bicyclic) bond motifs is 1. The van der Waals surface area contributed by atoms with Crippen LogP contribution in [0.1, 0.15) is 0 Å². The number of H-pyrrole nitrogens is 1. The summed E-state index contributed by atoms with van der Waals surface area (Å²) in [5.41, 5.74) is 5.42. The minimum atomic E-state index is -0.337. The highest BCUT2D eigenvalue weighted by Gasteiger charge is 2.07. The van der Waals surface area contributed by atoms with Gasteiger partial charge in [0, 0.05) is 11.6 Å². The number of halogens is 1. The van der Waals surface area contributed by atoms with E-state index in [1.165, 1.54) is 12.3 Å². The van der Waals surface area contributed by atoms with Gasteiger partial charge in [-0.05, 0) is 23.6 Å². The van der Waals surface area contributed by atoms with Gasteiger partial charge in [-0.2, -0.15) is 0 Å². The first kappa shape index (κ1) is 11.6. The summed E-state index contributed by atoms with van der Waals surface area (Å²) < 4.78 is 0. The van der Waals surface area contributed by atoms with Crippen molar-refractivity contribution in [1.82, 2.24) is 4.98 Å². The van der Waals surface area contributed by atoms with Crippen LogP contribution in [0, 0.1) is 0 Å².